The lowest BCUT2D eigenvalue weighted by atomic mass is 9.94. The zero-order valence-corrected chi connectivity index (χ0v) is 19.1. The lowest BCUT2D eigenvalue weighted by molar-refractivity contribution is 0.207. The molecule has 0 amide bonds. The third kappa shape index (κ3) is 5.10. The first-order valence-electron chi connectivity index (χ1n) is 10.1. The van der Waals surface area contributed by atoms with Gasteiger partial charge in [0.15, 0.2) is 5.65 Å². The molecule has 1 unspecified atom stereocenters. The fraction of sp³-hybridized carbons (Fsp3) is 0.476. The Morgan fingerprint density at radius 2 is 2.28 bits per heavy atom. The van der Waals surface area contributed by atoms with E-state index < -0.39 is 0 Å². The van der Waals surface area contributed by atoms with Crippen LogP contribution in [0.2, 0.25) is 0 Å². The predicted octanol–water partition coefficient (Wildman–Crippen LogP) is 4.43. The minimum atomic E-state index is 0.462. The van der Waals surface area contributed by atoms with Gasteiger partial charge in [-0.3, -0.25) is 4.98 Å². The van der Waals surface area contributed by atoms with Crippen molar-refractivity contribution in [2.45, 2.75) is 31.7 Å². The van der Waals surface area contributed by atoms with E-state index >= 15 is 0 Å². The molecule has 1 atom stereocenters. The molecule has 154 valence electrons. The molecule has 0 bridgehead atoms. The lowest BCUT2D eigenvalue weighted by Gasteiger charge is -2.32. The molecule has 0 radical (unpaired) electrons. The largest absolute Gasteiger partial charge is 0.366 e. The van der Waals surface area contributed by atoms with E-state index in [1.54, 1.807) is 6.20 Å². The number of anilines is 1. The summed E-state index contributed by atoms with van der Waals surface area (Å²) in [6.07, 6.45) is 11.4. The number of fused-ring (bicyclic) bond motifs is 1. The number of hydrogen-bond donors (Lipinski definition) is 1. The van der Waals surface area contributed by atoms with E-state index in [2.05, 4.69) is 54.6 Å². The van der Waals surface area contributed by atoms with Crippen LogP contribution < -0.4 is 5.32 Å². The number of nitrogens with one attached hydrogen (secondary N) is 1. The third-order valence-corrected chi connectivity index (χ3v) is 6.65. The van der Waals surface area contributed by atoms with Crippen molar-refractivity contribution in [2.75, 3.05) is 37.0 Å². The maximum atomic E-state index is 4.98. The van der Waals surface area contributed by atoms with Gasteiger partial charge in [0.2, 0.25) is 0 Å². The second-order valence-electron chi connectivity index (χ2n) is 7.50. The maximum Gasteiger partial charge on any atom is 0.171 e. The molecule has 1 aliphatic heterocycles. The first-order chi connectivity index (χ1) is 14.2. The van der Waals surface area contributed by atoms with Crippen LogP contribution in [0, 0.1) is 0 Å². The van der Waals surface area contributed by atoms with Crippen molar-refractivity contribution in [3.63, 3.8) is 0 Å². The number of aromatic nitrogens is 4. The Balaban J connectivity index is 1.55. The minimum absolute atomic E-state index is 0.462. The summed E-state index contributed by atoms with van der Waals surface area (Å²) in [5.41, 5.74) is 3.17. The van der Waals surface area contributed by atoms with Gasteiger partial charge in [0, 0.05) is 37.5 Å². The van der Waals surface area contributed by atoms with Crippen molar-refractivity contribution in [1.82, 2.24) is 24.5 Å². The van der Waals surface area contributed by atoms with Crippen LogP contribution >= 0.6 is 27.7 Å². The number of thioether (sulfide) groups is 1. The number of pyridine rings is 1. The van der Waals surface area contributed by atoms with Gasteiger partial charge in [-0.1, -0.05) is 6.07 Å². The zero-order valence-electron chi connectivity index (χ0n) is 16.7. The van der Waals surface area contributed by atoms with Crippen LogP contribution in [0.5, 0.6) is 0 Å². The molecule has 1 saturated heterocycles. The van der Waals surface area contributed by atoms with Crippen LogP contribution in [0.3, 0.4) is 0 Å². The Bertz CT molecular complexity index is 932. The Morgan fingerprint density at radius 3 is 3.10 bits per heavy atom. The average molecular weight is 475 g/mol. The predicted molar refractivity (Wildman–Crippen MR) is 124 cm³/mol. The molecule has 0 aromatic carbocycles. The number of halogens is 1. The minimum Gasteiger partial charge on any atom is -0.366 e. The summed E-state index contributed by atoms with van der Waals surface area (Å²) < 4.78 is 2.81. The van der Waals surface area contributed by atoms with Gasteiger partial charge in [0.1, 0.15) is 5.82 Å². The van der Waals surface area contributed by atoms with Gasteiger partial charge in [-0.05, 0) is 71.9 Å². The first-order valence-corrected chi connectivity index (χ1v) is 12.3. The quantitative estimate of drug-likeness (QED) is 0.487. The highest BCUT2D eigenvalue weighted by atomic mass is 79.9. The molecular formula is C21H27BrN6S. The van der Waals surface area contributed by atoms with E-state index in [0.29, 0.717) is 12.5 Å². The Labute approximate surface area is 184 Å². The summed E-state index contributed by atoms with van der Waals surface area (Å²) in [6.45, 7) is 4.18. The van der Waals surface area contributed by atoms with E-state index in [4.69, 9.17) is 4.98 Å². The standard InChI is InChI=1S/C21H27BrN6S/c1-29-10-4-9-27-8-3-6-17(15-27)19-11-20(24-13-16-5-2-7-23-12-16)28-21(26-19)18(22)14-25-28/h2,5,7,11-12,14,17,24H,3-4,6,8-10,13,15H2,1H3. The molecule has 8 heteroatoms. The Hall–Kier alpha value is -1.64. The van der Waals surface area contributed by atoms with E-state index in [0.717, 1.165) is 33.7 Å². The molecule has 6 nitrogen and oxygen atoms in total. The zero-order chi connectivity index (χ0) is 20.1. The highest BCUT2D eigenvalue weighted by molar-refractivity contribution is 9.10. The molecule has 1 aliphatic rings. The van der Waals surface area contributed by atoms with Gasteiger partial charge in [-0.2, -0.15) is 21.4 Å². The van der Waals surface area contributed by atoms with Crippen molar-refractivity contribution in [1.29, 1.82) is 0 Å². The monoisotopic (exact) mass is 474 g/mol. The molecule has 4 rings (SSSR count). The van der Waals surface area contributed by atoms with Gasteiger partial charge in [0.05, 0.1) is 16.4 Å². The molecule has 0 spiro atoms. The van der Waals surface area contributed by atoms with Crippen molar-refractivity contribution in [2.24, 2.45) is 0 Å². The summed E-state index contributed by atoms with van der Waals surface area (Å²) in [6, 6.07) is 6.22. The van der Waals surface area contributed by atoms with E-state index in [1.165, 1.54) is 38.1 Å². The van der Waals surface area contributed by atoms with Crippen molar-refractivity contribution < 1.29 is 0 Å². The van der Waals surface area contributed by atoms with Gasteiger partial charge in [0.25, 0.3) is 0 Å². The highest BCUT2D eigenvalue weighted by Crippen LogP contribution is 2.30. The Kier molecular flexibility index (Phi) is 7.05. The second-order valence-corrected chi connectivity index (χ2v) is 9.34. The molecular weight excluding hydrogens is 448 g/mol. The van der Waals surface area contributed by atoms with Gasteiger partial charge < -0.3 is 10.2 Å². The number of likely N-dealkylation sites (tertiary alicyclic amines) is 1. The second kappa shape index (κ2) is 9.91. The number of piperidine rings is 1. The topological polar surface area (TPSA) is 58.4 Å². The lowest BCUT2D eigenvalue weighted by Crippen LogP contribution is -2.35. The van der Waals surface area contributed by atoms with Crippen LogP contribution in [0.15, 0.2) is 41.3 Å². The number of nitrogens with zero attached hydrogens (tertiary/aromatic N) is 5. The summed E-state index contributed by atoms with van der Waals surface area (Å²) in [5.74, 6) is 2.67. The normalized spacial score (nSPS) is 17.7. The average Bonchev–Trinajstić information content (AvgIpc) is 3.14. The summed E-state index contributed by atoms with van der Waals surface area (Å²) in [7, 11) is 0. The van der Waals surface area contributed by atoms with E-state index in [9.17, 15) is 0 Å². The Morgan fingerprint density at radius 1 is 1.34 bits per heavy atom. The van der Waals surface area contributed by atoms with Crippen LogP contribution in [-0.2, 0) is 6.54 Å². The molecule has 1 N–H and O–H groups in total. The third-order valence-electron chi connectivity index (χ3n) is 5.39. The van der Waals surface area contributed by atoms with Crippen molar-refractivity contribution in [3.8, 4) is 0 Å². The summed E-state index contributed by atoms with van der Waals surface area (Å²) >= 11 is 5.54. The maximum absolute atomic E-state index is 4.98. The fourth-order valence-electron chi connectivity index (χ4n) is 3.92. The summed E-state index contributed by atoms with van der Waals surface area (Å²) in [5, 5.41) is 8.03. The van der Waals surface area contributed by atoms with Crippen molar-refractivity contribution in [3.05, 3.63) is 52.5 Å². The van der Waals surface area contributed by atoms with Gasteiger partial charge >= 0.3 is 0 Å². The first kappa shape index (κ1) is 20.6. The number of rotatable bonds is 8. The van der Waals surface area contributed by atoms with Crippen LogP contribution in [0.25, 0.3) is 5.65 Å². The molecule has 3 aromatic rings. The molecule has 0 aliphatic carbocycles. The summed E-state index contributed by atoms with van der Waals surface area (Å²) in [4.78, 5) is 11.8. The van der Waals surface area contributed by atoms with E-state index in [-0.39, 0.29) is 0 Å². The van der Waals surface area contributed by atoms with Crippen molar-refractivity contribution >= 4 is 39.2 Å². The van der Waals surface area contributed by atoms with Crippen LogP contribution in [-0.4, -0.2) is 56.1 Å². The van der Waals surface area contributed by atoms with Gasteiger partial charge in [-0.25, -0.2) is 4.98 Å². The highest BCUT2D eigenvalue weighted by Gasteiger charge is 2.24. The SMILES string of the molecule is CSCCCN1CCCC(c2cc(NCc3cccnc3)n3ncc(Br)c3n2)C1. The smallest absolute Gasteiger partial charge is 0.171 e. The molecule has 4 heterocycles. The van der Waals surface area contributed by atoms with Crippen LogP contribution in [0.1, 0.15) is 36.4 Å². The van der Waals surface area contributed by atoms with Gasteiger partial charge in [-0.15, -0.1) is 0 Å². The number of hydrogen-bond acceptors (Lipinski definition) is 6. The molecule has 1 fully saturated rings. The van der Waals surface area contributed by atoms with Crippen LogP contribution in [0.4, 0.5) is 5.82 Å². The fourth-order valence-corrected chi connectivity index (χ4v) is 4.68. The molecule has 0 saturated carbocycles. The van der Waals surface area contributed by atoms with E-state index in [1.807, 2.05) is 34.7 Å². The molecule has 29 heavy (non-hydrogen) atoms. The molecule has 3 aromatic heterocycles.